The predicted molar refractivity (Wildman–Crippen MR) is 80.6 cm³/mol. The molecule has 0 N–H and O–H groups in total. The Morgan fingerprint density at radius 1 is 0.952 bits per heavy atom. The van der Waals surface area contributed by atoms with Gasteiger partial charge in [0.2, 0.25) is 0 Å². The normalized spacial score (nSPS) is 12.7. The SMILES string of the molecule is CCCCCCCCCCCC(=O)CC(C)S(=O)(=O)[O-].[Na+]. The molecule has 1 unspecified atom stereocenters. The third kappa shape index (κ3) is 15.3. The number of Topliss-reactive ketones (excluding diaryl/α,β-unsaturated/α-hetero) is 1. The van der Waals surface area contributed by atoms with Crippen molar-refractivity contribution in [3.63, 3.8) is 0 Å². The molecule has 4 nitrogen and oxygen atoms in total. The minimum atomic E-state index is -4.32. The van der Waals surface area contributed by atoms with Crippen LogP contribution in [0.25, 0.3) is 0 Å². The molecule has 0 bridgehead atoms. The van der Waals surface area contributed by atoms with Crippen molar-refractivity contribution in [3.8, 4) is 0 Å². The van der Waals surface area contributed by atoms with Crippen molar-refractivity contribution in [2.75, 3.05) is 0 Å². The molecule has 0 spiro atoms. The van der Waals surface area contributed by atoms with Crippen LogP contribution in [-0.2, 0) is 14.9 Å². The van der Waals surface area contributed by atoms with Gasteiger partial charge in [0.25, 0.3) is 0 Å². The van der Waals surface area contributed by atoms with Gasteiger partial charge in [-0.1, -0.05) is 58.3 Å². The summed E-state index contributed by atoms with van der Waals surface area (Å²) < 4.78 is 32.0. The maximum Gasteiger partial charge on any atom is 1.00 e. The predicted octanol–water partition coefficient (Wildman–Crippen LogP) is 0.804. The average Bonchev–Trinajstić information content (AvgIpc) is 2.35. The van der Waals surface area contributed by atoms with Gasteiger partial charge in [-0.15, -0.1) is 0 Å². The quantitative estimate of drug-likeness (QED) is 0.285. The topological polar surface area (TPSA) is 74.3 Å². The standard InChI is InChI=1S/C15H30O4S.Na/c1-3-4-5-6-7-8-9-10-11-12-15(16)13-14(2)20(17,18)19;/h14H,3-13H2,1-2H3,(H,17,18,19);/q;+1/p-1. The van der Waals surface area contributed by atoms with Crippen LogP contribution in [0.2, 0.25) is 0 Å². The molecule has 0 rings (SSSR count). The van der Waals surface area contributed by atoms with E-state index in [4.69, 9.17) is 0 Å². The summed E-state index contributed by atoms with van der Waals surface area (Å²) in [5, 5.41) is -1.09. The van der Waals surface area contributed by atoms with Gasteiger partial charge in [0, 0.05) is 12.8 Å². The molecule has 0 heterocycles. The van der Waals surface area contributed by atoms with Gasteiger partial charge in [0.1, 0.15) is 5.78 Å². The van der Waals surface area contributed by atoms with E-state index in [0.29, 0.717) is 6.42 Å². The molecule has 0 aromatic rings. The number of hydrogen-bond donors (Lipinski definition) is 0. The fourth-order valence-electron chi connectivity index (χ4n) is 2.16. The Morgan fingerprint density at radius 3 is 1.81 bits per heavy atom. The fourth-order valence-corrected chi connectivity index (χ4v) is 2.55. The first-order valence-corrected chi connectivity index (χ1v) is 9.31. The van der Waals surface area contributed by atoms with Crippen molar-refractivity contribution in [3.05, 3.63) is 0 Å². The molecule has 120 valence electrons. The van der Waals surface area contributed by atoms with Crippen LogP contribution in [0.15, 0.2) is 0 Å². The van der Waals surface area contributed by atoms with Gasteiger partial charge in [-0.25, -0.2) is 8.42 Å². The number of unbranched alkanes of at least 4 members (excludes halogenated alkanes) is 8. The Kier molecular flexibility index (Phi) is 16.1. The molecule has 0 aromatic heterocycles. The molecule has 1 atom stereocenters. The monoisotopic (exact) mass is 328 g/mol. The maximum absolute atomic E-state index is 11.5. The van der Waals surface area contributed by atoms with Gasteiger partial charge in [-0.05, 0) is 13.3 Å². The van der Waals surface area contributed by atoms with Crippen LogP contribution in [0, 0.1) is 0 Å². The Balaban J connectivity index is 0. The van der Waals surface area contributed by atoms with Crippen LogP contribution >= 0.6 is 0 Å². The molecule has 0 aliphatic rings. The molecule has 6 heteroatoms. The van der Waals surface area contributed by atoms with Gasteiger partial charge >= 0.3 is 29.6 Å². The number of carbonyl (C=O) groups excluding carboxylic acids is 1. The number of hydrogen-bond acceptors (Lipinski definition) is 4. The van der Waals surface area contributed by atoms with E-state index in [9.17, 15) is 17.8 Å². The van der Waals surface area contributed by atoms with Crippen LogP contribution in [0.3, 0.4) is 0 Å². The Labute approximate surface area is 152 Å². The molecular formula is C15H29NaO4S. The summed E-state index contributed by atoms with van der Waals surface area (Å²) in [5.41, 5.74) is 0. The largest absolute Gasteiger partial charge is 1.00 e. The summed E-state index contributed by atoms with van der Waals surface area (Å²) in [5.74, 6) is -0.111. The van der Waals surface area contributed by atoms with Crippen LogP contribution in [0.1, 0.15) is 84.5 Å². The van der Waals surface area contributed by atoms with Crippen LogP contribution in [-0.4, -0.2) is 24.0 Å². The molecule has 0 aliphatic heterocycles. The van der Waals surface area contributed by atoms with E-state index in [-0.39, 0.29) is 41.8 Å². The second-order valence-corrected chi connectivity index (χ2v) is 7.41. The first-order valence-electron chi connectivity index (χ1n) is 7.84. The third-order valence-corrected chi connectivity index (χ3v) is 4.72. The van der Waals surface area contributed by atoms with E-state index in [1.165, 1.54) is 45.4 Å². The number of rotatable bonds is 13. The van der Waals surface area contributed by atoms with Crippen molar-refractivity contribution in [2.45, 2.75) is 89.7 Å². The summed E-state index contributed by atoms with van der Waals surface area (Å²) >= 11 is 0. The second-order valence-electron chi connectivity index (χ2n) is 5.62. The Bertz CT molecular complexity index is 355. The summed E-state index contributed by atoms with van der Waals surface area (Å²) in [4.78, 5) is 11.5. The van der Waals surface area contributed by atoms with Gasteiger partial charge in [0.05, 0.1) is 15.4 Å². The van der Waals surface area contributed by atoms with Gasteiger partial charge in [0.15, 0.2) is 0 Å². The van der Waals surface area contributed by atoms with E-state index < -0.39 is 15.4 Å². The maximum atomic E-state index is 11.5. The zero-order chi connectivity index (χ0) is 15.4. The second kappa shape index (κ2) is 14.2. The summed E-state index contributed by atoms with van der Waals surface area (Å²) in [6.45, 7) is 3.51. The molecule has 21 heavy (non-hydrogen) atoms. The molecule has 0 aliphatic carbocycles. The molecule has 0 radical (unpaired) electrons. The summed E-state index contributed by atoms with van der Waals surface area (Å²) in [6.07, 6.45) is 10.9. The minimum absolute atomic E-state index is 0. The van der Waals surface area contributed by atoms with E-state index in [1.54, 1.807) is 0 Å². The third-order valence-electron chi connectivity index (χ3n) is 3.57. The van der Waals surface area contributed by atoms with Gasteiger partial charge in [-0.3, -0.25) is 4.79 Å². The molecule has 0 amide bonds. The zero-order valence-corrected chi connectivity index (χ0v) is 16.7. The first kappa shape index (κ1) is 23.8. The summed E-state index contributed by atoms with van der Waals surface area (Å²) in [6, 6.07) is 0. The van der Waals surface area contributed by atoms with Crippen molar-refractivity contribution < 1.29 is 47.3 Å². The smallest absolute Gasteiger partial charge is 0.748 e. The Morgan fingerprint density at radius 2 is 1.38 bits per heavy atom. The van der Waals surface area contributed by atoms with Crippen LogP contribution in [0.5, 0.6) is 0 Å². The minimum Gasteiger partial charge on any atom is -0.748 e. The van der Waals surface area contributed by atoms with Crippen LogP contribution in [0.4, 0.5) is 0 Å². The van der Waals surface area contributed by atoms with Gasteiger partial charge < -0.3 is 4.55 Å². The van der Waals surface area contributed by atoms with E-state index in [0.717, 1.165) is 19.3 Å². The van der Waals surface area contributed by atoms with E-state index >= 15 is 0 Å². The van der Waals surface area contributed by atoms with E-state index in [2.05, 4.69) is 6.92 Å². The molecular weight excluding hydrogens is 299 g/mol. The molecule has 0 aromatic carbocycles. The van der Waals surface area contributed by atoms with Crippen molar-refractivity contribution in [1.82, 2.24) is 0 Å². The van der Waals surface area contributed by atoms with Crippen molar-refractivity contribution in [2.24, 2.45) is 0 Å². The van der Waals surface area contributed by atoms with E-state index in [1.807, 2.05) is 0 Å². The van der Waals surface area contributed by atoms with Crippen LogP contribution < -0.4 is 29.6 Å². The number of carbonyl (C=O) groups is 1. The molecule has 0 saturated heterocycles. The fraction of sp³-hybridized carbons (Fsp3) is 0.933. The molecule has 0 fully saturated rings. The molecule has 0 saturated carbocycles. The average molecular weight is 328 g/mol. The zero-order valence-electron chi connectivity index (χ0n) is 13.9. The van der Waals surface area contributed by atoms with Gasteiger partial charge in [-0.2, -0.15) is 0 Å². The Hall–Kier alpha value is 0.580. The van der Waals surface area contributed by atoms with Crippen molar-refractivity contribution >= 4 is 15.9 Å². The number of ketones is 1. The van der Waals surface area contributed by atoms with Crippen molar-refractivity contribution in [1.29, 1.82) is 0 Å². The summed E-state index contributed by atoms with van der Waals surface area (Å²) in [7, 11) is -4.32. The first-order chi connectivity index (χ1) is 9.38.